The number of amides is 6. The van der Waals surface area contributed by atoms with Crippen molar-refractivity contribution in [3.63, 3.8) is 0 Å². The zero-order valence-electron chi connectivity index (χ0n) is 35.9. The van der Waals surface area contributed by atoms with Crippen LogP contribution < -0.4 is 41.5 Å². The number of hydrogen-bond donors (Lipinski definition) is 6. The van der Waals surface area contributed by atoms with Crippen LogP contribution in [0.2, 0.25) is 0 Å². The summed E-state index contributed by atoms with van der Waals surface area (Å²) in [6.45, 7) is 7.16. The number of carbonyl (C=O) groups is 6. The largest absolute Gasteiger partial charge is 0.494 e. The van der Waals surface area contributed by atoms with E-state index in [0.717, 1.165) is 35.9 Å². The molecule has 3 aliphatic heterocycles. The van der Waals surface area contributed by atoms with Crippen molar-refractivity contribution in [2.75, 3.05) is 79.1 Å². The van der Waals surface area contributed by atoms with E-state index >= 15 is 0 Å². The van der Waals surface area contributed by atoms with Crippen LogP contribution in [-0.2, 0) is 25.4 Å². The smallest absolute Gasteiger partial charge is 0.421 e. The Morgan fingerprint density at radius 3 is 2.41 bits per heavy atom. The number of ether oxygens (including phenoxy) is 1. The molecule has 66 heavy (non-hydrogen) atoms. The van der Waals surface area contributed by atoms with Crippen molar-refractivity contribution >= 4 is 75.6 Å². The maximum absolute atomic E-state index is 14.0. The highest BCUT2D eigenvalue weighted by Crippen LogP contribution is 2.37. The van der Waals surface area contributed by atoms with Gasteiger partial charge >= 0.3 is 6.18 Å². The van der Waals surface area contributed by atoms with Gasteiger partial charge in [0.05, 0.1) is 30.5 Å². The van der Waals surface area contributed by atoms with Crippen LogP contribution in [0.15, 0.2) is 79.5 Å². The molecular weight excluding hydrogens is 864 g/mol. The number of imide groups is 2. The fraction of sp³-hybridized carbons (Fsp3) is 0.333. The number of anilines is 7. The van der Waals surface area contributed by atoms with Crippen molar-refractivity contribution in [2.24, 2.45) is 0 Å². The van der Waals surface area contributed by atoms with Gasteiger partial charge in [-0.2, -0.15) is 18.2 Å². The minimum Gasteiger partial charge on any atom is -0.494 e. The third-order valence-electron chi connectivity index (χ3n) is 11.2. The Kier molecular flexibility index (Phi) is 14.4. The maximum atomic E-state index is 14.0. The van der Waals surface area contributed by atoms with Crippen molar-refractivity contribution < 1.29 is 46.7 Å². The van der Waals surface area contributed by atoms with E-state index in [-0.39, 0.29) is 48.1 Å². The molecule has 1 unspecified atom stereocenters. The van der Waals surface area contributed by atoms with Gasteiger partial charge in [0.25, 0.3) is 11.8 Å². The molecule has 0 bridgehead atoms. The normalized spacial score (nSPS) is 16.3. The topological polar surface area (TPSA) is 219 Å². The lowest BCUT2D eigenvalue weighted by molar-refractivity contribution is -0.138. The molecule has 4 heterocycles. The highest BCUT2D eigenvalue weighted by molar-refractivity contribution is 6.25. The molecule has 2 fully saturated rings. The molecule has 6 N–H and O–H groups in total. The van der Waals surface area contributed by atoms with Crippen molar-refractivity contribution in [3.05, 3.63) is 96.2 Å². The summed E-state index contributed by atoms with van der Waals surface area (Å²) in [5, 5.41) is 16.6. The van der Waals surface area contributed by atoms with E-state index in [4.69, 9.17) is 4.74 Å². The van der Waals surface area contributed by atoms with Gasteiger partial charge in [0, 0.05) is 80.7 Å². The van der Waals surface area contributed by atoms with Crippen LogP contribution in [0.5, 0.6) is 5.75 Å². The number of fused-ring (bicyclic) bond motifs is 1. The number of benzene rings is 3. The Balaban J connectivity index is 0.839. The molecule has 4 aromatic rings. The van der Waals surface area contributed by atoms with Gasteiger partial charge in [0.15, 0.2) is 0 Å². The van der Waals surface area contributed by atoms with Gasteiger partial charge < -0.3 is 36.2 Å². The molecular formula is C45H48F3N11O7. The van der Waals surface area contributed by atoms with Gasteiger partial charge in [-0.25, -0.2) is 4.98 Å². The van der Waals surface area contributed by atoms with Crippen LogP contribution in [0.25, 0.3) is 0 Å². The van der Waals surface area contributed by atoms with Gasteiger partial charge in [-0.05, 0) is 74.2 Å². The number of alkyl halides is 3. The summed E-state index contributed by atoms with van der Waals surface area (Å²) in [5.41, 5.74) is 1.68. The van der Waals surface area contributed by atoms with Gasteiger partial charge in [-0.1, -0.05) is 18.7 Å². The van der Waals surface area contributed by atoms with Crippen molar-refractivity contribution in [3.8, 4) is 5.75 Å². The van der Waals surface area contributed by atoms with Crippen LogP contribution in [0, 0.1) is 0 Å². The van der Waals surface area contributed by atoms with Gasteiger partial charge in [-0.15, -0.1) is 0 Å². The van der Waals surface area contributed by atoms with Gasteiger partial charge in [-0.3, -0.25) is 43.9 Å². The molecule has 0 radical (unpaired) electrons. The minimum absolute atomic E-state index is 0.0437. The van der Waals surface area contributed by atoms with Crippen LogP contribution in [0.3, 0.4) is 0 Å². The summed E-state index contributed by atoms with van der Waals surface area (Å²) in [6.07, 6.45) is -0.625. The van der Waals surface area contributed by atoms with E-state index in [1.165, 1.54) is 19.2 Å². The highest BCUT2D eigenvalue weighted by atomic mass is 19.4. The second kappa shape index (κ2) is 20.5. The molecule has 1 atom stereocenters. The Bertz CT molecular complexity index is 2530. The average Bonchev–Trinajstić information content (AvgIpc) is 3.54. The van der Waals surface area contributed by atoms with E-state index in [1.54, 1.807) is 42.5 Å². The molecule has 0 aliphatic carbocycles. The summed E-state index contributed by atoms with van der Waals surface area (Å²) in [5.74, 6) is -3.01. The van der Waals surface area contributed by atoms with Crippen molar-refractivity contribution in [1.29, 1.82) is 0 Å². The molecule has 2 saturated heterocycles. The van der Waals surface area contributed by atoms with Crippen molar-refractivity contribution in [2.45, 2.75) is 44.3 Å². The third kappa shape index (κ3) is 11.0. The number of aromatic nitrogens is 2. The molecule has 18 nitrogen and oxygen atoms in total. The fourth-order valence-electron chi connectivity index (χ4n) is 7.81. The van der Waals surface area contributed by atoms with Gasteiger partial charge in [0.2, 0.25) is 29.6 Å². The number of methoxy groups -OCH3 is 1. The second-order valence-electron chi connectivity index (χ2n) is 15.6. The van der Waals surface area contributed by atoms with E-state index in [1.807, 2.05) is 6.07 Å². The Morgan fingerprint density at radius 1 is 0.909 bits per heavy atom. The van der Waals surface area contributed by atoms with Crippen LogP contribution in [-0.4, -0.2) is 114 Å². The molecule has 1 aromatic heterocycles. The first-order valence-electron chi connectivity index (χ1n) is 21.2. The molecule has 7 rings (SSSR count). The van der Waals surface area contributed by atoms with E-state index in [0.29, 0.717) is 68.3 Å². The third-order valence-corrected chi connectivity index (χ3v) is 11.2. The number of nitrogens with zero attached hydrogens (tertiary/aromatic N) is 5. The van der Waals surface area contributed by atoms with Crippen LogP contribution in [0.4, 0.5) is 53.4 Å². The monoisotopic (exact) mass is 911 g/mol. The predicted molar refractivity (Wildman–Crippen MR) is 239 cm³/mol. The number of carbonyl (C=O) groups excluding carboxylic acids is 6. The van der Waals surface area contributed by atoms with Crippen LogP contribution in [0.1, 0.15) is 58.4 Å². The van der Waals surface area contributed by atoms with E-state index in [9.17, 15) is 41.9 Å². The Labute approximate surface area is 377 Å². The van der Waals surface area contributed by atoms with E-state index in [2.05, 4.69) is 58.2 Å². The Morgan fingerprint density at radius 2 is 1.67 bits per heavy atom. The fourth-order valence-corrected chi connectivity index (χ4v) is 7.81. The number of halogens is 3. The van der Waals surface area contributed by atoms with Crippen LogP contribution >= 0.6 is 0 Å². The highest BCUT2D eigenvalue weighted by Gasteiger charge is 2.45. The summed E-state index contributed by atoms with van der Waals surface area (Å²) < 4.78 is 47.6. The summed E-state index contributed by atoms with van der Waals surface area (Å²) in [4.78, 5) is 88.1. The number of hydrogen-bond acceptors (Lipinski definition) is 14. The zero-order valence-corrected chi connectivity index (χ0v) is 35.9. The molecule has 21 heteroatoms. The molecule has 0 saturated carbocycles. The summed E-state index contributed by atoms with van der Waals surface area (Å²) in [7, 11) is 1.47. The minimum atomic E-state index is -4.76. The molecule has 0 spiro atoms. The standard InChI is InChI=1S/C45H48F3N11O7/c1-3-36(60)52-27-9-7-10-28(23-27)53-40-31(45(46,47)48)25-51-44(56-40)54-32-14-13-29(24-35(32)66-2)58-21-19-57(20-22-58)26-38(62)50-18-6-4-5-17-49-33-12-8-11-30-39(33)43(65)59(42(30)64)34-15-16-37(61)55-41(34)63/h3,7-14,23-25,34,49H,1,4-6,15-22,26H2,2H3,(H,50,62)(H,52,60)(H,55,61,63)(H2,51,53,54,56). The van der Waals surface area contributed by atoms with Gasteiger partial charge in [0.1, 0.15) is 23.2 Å². The maximum Gasteiger partial charge on any atom is 0.421 e. The second-order valence-corrected chi connectivity index (χ2v) is 15.6. The summed E-state index contributed by atoms with van der Waals surface area (Å²) >= 11 is 0. The Hall–Kier alpha value is -7.55. The number of piperazine rings is 1. The molecule has 346 valence electrons. The van der Waals surface area contributed by atoms with E-state index < -0.39 is 53.1 Å². The lowest BCUT2D eigenvalue weighted by Crippen LogP contribution is -2.54. The first kappa shape index (κ1) is 46.4. The number of nitrogens with one attached hydrogen (secondary N) is 6. The summed E-state index contributed by atoms with van der Waals surface area (Å²) in [6, 6.07) is 15.4. The first-order chi connectivity index (χ1) is 31.7. The number of piperidine rings is 1. The lowest BCUT2D eigenvalue weighted by Gasteiger charge is -2.36. The molecule has 3 aliphatic rings. The predicted octanol–water partition coefficient (Wildman–Crippen LogP) is 5.04. The average molecular weight is 912 g/mol. The first-order valence-corrected chi connectivity index (χ1v) is 21.2. The number of unbranched alkanes of at least 4 members (excludes halogenated alkanes) is 2. The molecule has 6 amide bonds. The molecule has 3 aromatic carbocycles. The number of rotatable bonds is 18. The van der Waals surface area contributed by atoms with Crippen molar-refractivity contribution in [1.82, 2.24) is 30.4 Å². The SMILES string of the molecule is C=CC(=O)Nc1cccc(Nc2nc(Nc3ccc(N4CCN(CC(=O)NCCCCCNc5cccc6c5C(=O)N(C5CCC(=O)NC5=O)C6=O)CC4)cc3OC)ncc2C(F)(F)F)c1. The zero-order chi connectivity index (χ0) is 47.0. The lowest BCUT2D eigenvalue weighted by atomic mass is 10.0. The quantitative estimate of drug-likeness (QED) is 0.0438.